The van der Waals surface area contributed by atoms with Gasteiger partial charge in [-0.1, -0.05) is 18.2 Å². The number of alkyl halides is 1. The van der Waals surface area contributed by atoms with Crippen molar-refractivity contribution in [2.45, 2.75) is 18.9 Å². The second-order valence-electron chi connectivity index (χ2n) is 5.52. The van der Waals surface area contributed by atoms with Crippen LogP contribution in [0.1, 0.15) is 18.2 Å². The summed E-state index contributed by atoms with van der Waals surface area (Å²) >= 11 is 5.71. The Morgan fingerprint density at radius 2 is 2.14 bits per heavy atom. The lowest BCUT2D eigenvalue weighted by molar-refractivity contribution is -0.162. The molecule has 5 nitrogen and oxygen atoms in total. The predicted molar refractivity (Wildman–Crippen MR) is 83.8 cm³/mol. The molecule has 1 N–H and O–H groups in total. The molecule has 1 aromatic carbocycles. The third kappa shape index (κ3) is 1.92. The van der Waals surface area contributed by atoms with Gasteiger partial charge in [-0.3, -0.25) is 4.79 Å². The average Bonchev–Trinajstić information content (AvgIpc) is 2.93. The van der Waals surface area contributed by atoms with E-state index in [1.54, 1.807) is 6.92 Å². The molecule has 0 aliphatic carbocycles. The number of aromatic amines is 1. The van der Waals surface area contributed by atoms with Crippen molar-refractivity contribution in [3.8, 4) is 0 Å². The number of ether oxygens (including phenoxy) is 1. The number of nitrogens with zero attached hydrogens (tertiary/aromatic N) is 1. The molecular formula is C16H17ClN2O3. The minimum atomic E-state index is -1.19. The van der Waals surface area contributed by atoms with Gasteiger partial charge in [0.15, 0.2) is 5.54 Å². The number of esters is 1. The Balaban J connectivity index is 2.25. The zero-order valence-electron chi connectivity index (χ0n) is 12.5. The van der Waals surface area contributed by atoms with E-state index in [1.807, 2.05) is 24.3 Å². The Labute approximate surface area is 133 Å². The summed E-state index contributed by atoms with van der Waals surface area (Å²) in [5.41, 5.74) is 1.53. The number of nitrogens with one attached hydrogen (secondary N) is 1. The van der Waals surface area contributed by atoms with Crippen molar-refractivity contribution < 1.29 is 14.3 Å². The fraction of sp³-hybridized carbons (Fsp3) is 0.375. The van der Waals surface area contributed by atoms with Crippen molar-refractivity contribution in [3.63, 3.8) is 0 Å². The highest BCUT2D eigenvalue weighted by Crippen LogP contribution is 2.39. The molecule has 0 saturated carbocycles. The van der Waals surface area contributed by atoms with Gasteiger partial charge in [0.05, 0.1) is 12.8 Å². The highest BCUT2D eigenvalue weighted by Gasteiger charge is 2.49. The van der Waals surface area contributed by atoms with Gasteiger partial charge in [-0.2, -0.15) is 0 Å². The van der Waals surface area contributed by atoms with Gasteiger partial charge in [-0.25, -0.2) is 4.79 Å². The van der Waals surface area contributed by atoms with E-state index in [0.717, 1.165) is 16.5 Å². The number of fused-ring (bicyclic) bond motifs is 3. The monoisotopic (exact) mass is 320 g/mol. The van der Waals surface area contributed by atoms with Gasteiger partial charge in [0.2, 0.25) is 5.91 Å². The van der Waals surface area contributed by atoms with Gasteiger partial charge in [-0.15, -0.1) is 11.6 Å². The maximum Gasteiger partial charge on any atom is 0.337 e. The first-order chi connectivity index (χ1) is 10.5. The summed E-state index contributed by atoms with van der Waals surface area (Å²) in [6, 6.07) is 7.87. The molecule has 1 aliphatic heterocycles. The first-order valence-corrected chi connectivity index (χ1v) is 7.62. The molecule has 0 fully saturated rings. The van der Waals surface area contributed by atoms with E-state index in [0.29, 0.717) is 18.7 Å². The number of methoxy groups -OCH3 is 1. The fourth-order valence-corrected chi connectivity index (χ4v) is 3.46. The molecule has 22 heavy (non-hydrogen) atoms. The molecule has 2 heterocycles. The highest BCUT2D eigenvalue weighted by molar-refractivity contribution is 6.27. The Hall–Kier alpha value is -2.01. The summed E-state index contributed by atoms with van der Waals surface area (Å²) in [5, 5.41) is 1.07. The van der Waals surface area contributed by atoms with Crippen LogP contribution in [0.15, 0.2) is 24.3 Å². The van der Waals surface area contributed by atoms with E-state index in [-0.39, 0.29) is 11.8 Å². The van der Waals surface area contributed by atoms with E-state index < -0.39 is 11.5 Å². The summed E-state index contributed by atoms with van der Waals surface area (Å²) in [7, 11) is 1.33. The second kappa shape index (κ2) is 5.32. The molecule has 0 saturated heterocycles. The van der Waals surface area contributed by atoms with Crippen molar-refractivity contribution in [2.75, 3.05) is 19.5 Å². The second-order valence-corrected chi connectivity index (χ2v) is 5.78. The number of hydrogen-bond donors (Lipinski definition) is 1. The number of carbonyl (C=O) groups is 2. The molecule has 1 amide bonds. The molecular weight excluding hydrogens is 304 g/mol. The number of H-pyrrole nitrogens is 1. The minimum absolute atomic E-state index is 0.165. The Kier molecular flexibility index (Phi) is 3.60. The van der Waals surface area contributed by atoms with Crippen LogP contribution in [0.5, 0.6) is 0 Å². The van der Waals surface area contributed by atoms with E-state index >= 15 is 0 Å². The molecule has 2 aromatic rings. The number of carbonyl (C=O) groups excluding carboxylic acids is 2. The third-order valence-electron chi connectivity index (χ3n) is 4.42. The third-order valence-corrected chi connectivity index (χ3v) is 4.65. The molecule has 1 atom stereocenters. The number of halogens is 1. The quantitative estimate of drug-likeness (QED) is 0.681. The number of rotatable bonds is 2. The Morgan fingerprint density at radius 1 is 1.41 bits per heavy atom. The Bertz CT molecular complexity index is 755. The summed E-state index contributed by atoms with van der Waals surface area (Å²) in [6.45, 7) is 2.14. The molecule has 116 valence electrons. The number of amides is 1. The molecule has 1 aliphatic rings. The average molecular weight is 321 g/mol. The predicted octanol–water partition coefficient (Wildman–Crippen LogP) is 2.18. The smallest absolute Gasteiger partial charge is 0.337 e. The molecule has 3 rings (SSSR count). The normalized spacial score (nSPS) is 20.8. The lowest BCUT2D eigenvalue weighted by atomic mass is 9.86. The van der Waals surface area contributed by atoms with Crippen molar-refractivity contribution in [3.05, 3.63) is 35.5 Å². The molecule has 0 radical (unpaired) electrons. The van der Waals surface area contributed by atoms with Crippen molar-refractivity contribution >= 4 is 34.4 Å². The van der Waals surface area contributed by atoms with Gasteiger partial charge >= 0.3 is 5.97 Å². The van der Waals surface area contributed by atoms with Crippen LogP contribution in [-0.2, 0) is 26.3 Å². The van der Waals surface area contributed by atoms with Crippen LogP contribution in [-0.4, -0.2) is 41.3 Å². The molecule has 6 heteroatoms. The first-order valence-electron chi connectivity index (χ1n) is 7.09. The lowest BCUT2D eigenvalue weighted by Crippen LogP contribution is -2.57. The van der Waals surface area contributed by atoms with E-state index in [2.05, 4.69) is 4.98 Å². The maximum atomic E-state index is 12.5. The molecule has 0 unspecified atom stereocenters. The highest BCUT2D eigenvalue weighted by atomic mass is 35.5. The van der Waals surface area contributed by atoms with Crippen molar-refractivity contribution in [2.24, 2.45) is 0 Å². The lowest BCUT2D eigenvalue weighted by Gasteiger charge is -2.42. The van der Waals surface area contributed by atoms with Gasteiger partial charge in [0, 0.05) is 17.4 Å². The van der Waals surface area contributed by atoms with Crippen LogP contribution in [0.2, 0.25) is 0 Å². The van der Waals surface area contributed by atoms with Crippen molar-refractivity contribution in [1.29, 1.82) is 0 Å². The van der Waals surface area contributed by atoms with Gasteiger partial charge in [0.1, 0.15) is 5.88 Å². The number of para-hydroxylation sites is 1. The number of benzene rings is 1. The van der Waals surface area contributed by atoms with Crippen molar-refractivity contribution in [1.82, 2.24) is 9.88 Å². The van der Waals surface area contributed by atoms with Crippen LogP contribution in [0, 0.1) is 0 Å². The van der Waals surface area contributed by atoms with Crippen LogP contribution in [0.3, 0.4) is 0 Å². The zero-order valence-corrected chi connectivity index (χ0v) is 13.2. The van der Waals surface area contributed by atoms with Gasteiger partial charge in [0.25, 0.3) is 0 Å². The summed E-state index contributed by atoms with van der Waals surface area (Å²) in [4.78, 5) is 29.5. The summed E-state index contributed by atoms with van der Waals surface area (Å²) in [5.74, 6) is -0.917. The Morgan fingerprint density at radius 3 is 2.82 bits per heavy atom. The summed E-state index contributed by atoms with van der Waals surface area (Å²) in [6.07, 6.45) is 0.675. The summed E-state index contributed by atoms with van der Waals surface area (Å²) < 4.78 is 4.97. The van der Waals surface area contributed by atoms with Crippen LogP contribution in [0.25, 0.3) is 10.9 Å². The SMILES string of the molecule is COC(=O)[C@@]1(C)c2[nH]c3ccccc3c2CCN1C(=O)CCl. The topological polar surface area (TPSA) is 62.4 Å². The zero-order chi connectivity index (χ0) is 15.9. The van der Waals surface area contributed by atoms with Crippen LogP contribution in [0.4, 0.5) is 0 Å². The molecule has 1 aromatic heterocycles. The van der Waals surface area contributed by atoms with Gasteiger partial charge in [-0.05, 0) is 25.0 Å². The minimum Gasteiger partial charge on any atom is -0.467 e. The van der Waals surface area contributed by atoms with E-state index in [9.17, 15) is 9.59 Å². The largest absolute Gasteiger partial charge is 0.467 e. The first kappa shape index (κ1) is 14.9. The van der Waals surface area contributed by atoms with Gasteiger partial charge < -0.3 is 14.6 Å². The standard InChI is InChI=1S/C16H17ClN2O3/c1-16(15(21)22-2)14-11(7-8-19(16)13(20)9-17)10-5-3-4-6-12(10)18-14/h3-6,18H,7-9H2,1-2H3/t16-/m1/s1. The maximum absolute atomic E-state index is 12.5. The van der Waals surface area contributed by atoms with Crippen LogP contribution < -0.4 is 0 Å². The fourth-order valence-electron chi connectivity index (χ4n) is 3.31. The molecule has 0 bridgehead atoms. The van der Waals surface area contributed by atoms with Crippen LogP contribution >= 0.6 is 11.6 Å². The van der Waals surface area contributed by atoms with E-state index in [4.69, 9.17) is 16.3 Å². The number of hydrogen-bond acceptors (Lipinski definition) is 3. The number of aromatic nitrogens is 1. The van der Waals surface area contributed by atoms with E-state index in [1.165, 1.54) is 12.0 Å². The molecule has 0 spiro atoms.